The fourth-order valence-electron chi connectivity index (χ4n) is 1.87. The predicted molar refractivity (Wildman–Crippen MR) is 79.2 cm³/mol. The minimum absolute atomic E-state index is 0.0341. The van der Waals surface area contributed by atoms with E-state index in [1.54, 1.807) is 17.8 Å². The van der Waals surface area contributed by atoms with Crippen LogP contribution in [0.15, 0.2) is 23.5 Å². The molecule has 1 aliphatic rings. The monoisotopic (exact) mass is 324 g/mol. The van der Waals surface area contributed by atoms with Crippen molar-refractivity contribution in [2.45, 2.75) is 24.6 Å². The number of thioether (sulfide) groups is 1. The van der Waals surface area contributed by atoms with Crippen LogP contribution in [0.3, 0.4) is 0 Å². The van der Waals surface area contributed by atoms with E-state index in [-0.39, 0.29) is 18.5 Å². The van der Waals surface area contributed by atoms with Crippen LogP contribution >= 0.6 is 11.8 Å². The lowest BCUT2D eigenvalue weighted by molar-refractivity contribution is -0.148. The van der Waals surface area contributed by atoms with E-state index in [1.165, 1.54) is 16.4 Å². The van der Waals surface area contributed by atoms with E-state index in [0.717, 1.165) is 11.8 Å². The summed E-state index contributed by atoms with van der Waals surface area (Å²) in [6.45, 7) is -0.0561. The lowest BCUT2D eigenvalue weighted by Gasteiger charge is -2.20. The Morgan fingerprint density at radius 1 is 1.59 bits per heavy atom. The van der Waals surface area contributed by atoms with Gasteiger partial charge in [0.2, 0.25) is 0 Å². The van der Waals surface area contributed by atoms with Crippen LogP contribution in [0.4, 0.5) is 0 Å². The highest BCUT2D eigenvalue weighted by Gasteiger charge is 2.25. The molecule has 0 radical (unpaired) electrons. The molecule has 2 unspecified atom stereocenters. The van der Waals surface area contributed by atoms with E-state index in [1.807, 2.05) is 11.9 Å². The predicted octanol–water partition coefficient (Wildman–Crippen LogP) is 0.0176. The topological polar surface area (TPSA) is 108 Å². The Morgan fingerprint density at radius 2 is 2.36 bits per heavy atom. The van der Waals surface area contributed by atoms with Crippen LogP contribution in [0.25, 0.3) is 0 Å². The van der Waals surface area contributed by atoms with E-state index in [0.29, 0.717) is 12.0 Å². The van der Waals surface area contributed by atoms with Crippen LogP contribution in [0, 0.1) is 0 Å². The number of allylic oxidation sites excluding steroid dienone is 1. The molecule has 0 bridgehead atoms. The van der Waals surface area contributed by atoms with Crippen molar-refractivity contribution in [1.29, 1.82) is 0 Å². The minimum atomic E-state index is -0.850. The average Bonchev–Trinajstić information content (AvgIpc) is 3.11. The van der Waals surface area contributed by atoms with Gasteiger partial charge >= 0.3 is 5.97 Å². The number of ether oxygens (including phenoxy) is 1. The molecule has 2 heterocycles. The summed E-state index contributed by atoms with van der Waals surface area (Å²) in [6, 6.07) is -0.850. The number of nitrogens with two attached hydrogens (primary N) is 1. The molecular formula is C13H16N4O4S. The van der Waals surface area contributed by atoms with Crippen LogP contribution in [-0.2, 0) is 25.9 Å². The number of rotatable bonds is 7. The van der Waals surface area contributed by atoms with Crippen molar-refractivity contribution in [3.63, 3.8) is 0 Å². The maximum Gasteiger partial charge on any atom is 0.309 e. The minimum Gasteiger partial charge on any atom is -0.442 e. The zero-order valence-electron chi connectivity index (χ0n) is 11.9. The second-order valence-corrected chi connectivity index (χ2v) is 5.68. The molecule has 2 atom stereocenters. The molecule has 0 aromatic carbocycles. The second-order valence-electron chi connectivity index (χ2n) is 4.72. The van der Waals surface area contributed by atoms with E-state index in [9.17, 15) is 14.4 Å². The van der Waals surface area contributed by atoms with E-state index in [2.05, 4.69) is 5.10 Å². The third-order valence-corrected chi connectivity index (χ3v) is 4.29. The van der Waals surface area contributed by atoms with Crippen molar-refractivity contribution >= 4 is 30.3 Å². The highest BCUT2D eigenvalue weighted by Crippen LogP contribution is 2.40. The van der Waals surface area contributed by atoms with Gasteiger partial charge in [-0.2, -0.15) is 5.10 Å². The first kappa shape index (κ1) is 16.2. The zero-order valence-corrected chi connectivity index (χ0v) is 12.7. The molecule has 0 saturated heterocycles. The smallest absolute Gasteiger partial charge is 0.309 e. The molecule has 8 nitrogen and oxygen atoms in total. The molecule has 1 aromatic rings. The standard InChI is InChI=1S/C13H16N4O4S/c1-16-11(6-19)7-22-13(16)9-3-15-17(4-9)8-21-12(20)2-10(14)5-18/h3-7,10,13H,2,8,14H2,1H3. The molecule has 1 aromatic heterocycles. The number of likely N-dealkylation sites (N-methyl/N-ethyl adjacent to an activating group) is 1. The highest BCUT2D eigenvalue weighted by molar-refractivity contribution is 8.02. The van der Waals surface area contributed by atoms with Gasteiger partial charge in [0.1, 0.15) is 11.7 Å². The molecule has 0 amide bonds. The largest absolute Gasteiger partial charge is 0.442 e. The van der Waals surface area contributed by atoms with Crippen LogP contribution in [0.5, 0.6) is 0 Å². The van der Waals surface area contributed by atoms with Gasteiger partial charge in [-0.05, 0) is 0 Å². The van der Waals surface area contributed by atoms with Crippen molar-refractivity contribution in [3.05, 3.63) is 29.1 Å². The fraction of sp³-hybridized carbons (Fsp3) is 0.385. The molecule has 0 aliphatic carbocycles. The molecule has 118 valence electrons. The number of carbonyl (C=O) groups is 3. The van der Waals surface area contributed by atoms with Crippen molar-refractivity contribution in [2.75, 3.05) is 7.05 Å². The molecule has 2 rings (SSSR count). The molecular weight excluding hydrogens is 308 g/mol. The molecule has 0 spiro atoms. The summed E-state index contributed by atoms with van der Waals surface area (Å²) in [5.74, 6) is -0.561. The number of aromatic nitrogens is 2. The Balaban J connectivity index is 1.89. The first-order chi connectivity index (χ1) is 10.5. The van der Waals surface area contributed by atoms with E-state index < -0.39 is 12.0 Å². The van der Waals surface area contributed by atoms with Gasteiger partial charge in [0, 0.05) is 24.2 Å². The number of hydrogen-bond acceptors (Lipinski definition) is 8. The molecule has 1 aliphatic heterocycles. The SMILES string of the molecule is CN1C(C=O)=CSC1c1cnn(COC(=O)CC(N)C=O)c1. The Bertz CT molecular complexity index is 601. The van der Waals surface area contributed by atoms with Gasteiger partial charge in [-0.25, -0.2) is 4.68 Å². The van der Waals surface area contributed by atoms with Gasteiger partial charge in [0.25, 0.3) is 0 Å². The summed E-state index contributed by atoms with van der Waals surface area (Å²) < 4.78 is 6.44. The van der Waals surface area contributed by atoms with Crippen LogP contribution in [0.1, 0.15) is 17.4 Å². The van der Waals surface area contributed by atoms with Gasteiger partial charge < -0.3 is 20.2 Å². The summed E-state index contributed by atoms with van der Waals surface area (Å²) in [6.07, 6.45) is 4.53. The van der Waals surface area contributed by atoms with Gasteiger partial charge in [-0.15, -0.1) is 11.8 Å². The van der Waals surface area contributed by atoms with Gasteiger partial charge in [-0.3, -0.25) is 9.59 Å². The maximum atomic E-state index is 11.4. The first-order valence-electron chi connectivity index (χ1n) is 6.47. The number of hydrogen-bond donors (Lipinski definition) is 1. The van der Waals surface area contributed by atoms with E-state index >= 15 is 0 Å². The number of aldehydes is 2. The number of esters is 1. The second kappa shape index (κ2) is 7.23. The summed E-state index contributed by atoms with van der Waals surface area (Å²) in [5.41, 5.74) is 6.84. The van der Waals surface area contributed by atoms with Crippen LogP contribution in [0.2, 0.25) is 0 Å². The highest BCUT2D eigenvalue weighted by atomic mass is 32.2. The lowest BCUT2D eigenvalue weighted by atomic mass is 10.2. The lowest BCUT2D eigenvalue weighted by Crippen LogP contribution is -2.26. The summed E-state index contributed by atoms with van der Waals surface area (Å²) in [7, 11) is 1.82. The first-order valence-corrected chi connectivity index (χ1v) is 7.42. The van der Waals surface area contributed by atoms with Gasteiger partial charge in [0.05, 0.1) is 24.4 Å². The van der Waals surface area contributed by atoms with Crippen LogP contribution in [-0.4, -0.2) is 46.3 Å². The summed E-state index contributed by atoms with van der Waals surface area (Å²) >= 11 is 1.50. The van der Waals surface area contributed by atoms with Crippen molar-refractivity contribution in [3.8, 4) is 0 Å². The van der Waals surface area contributed by atoms with Crippen molar-refractivity contribution in [1.82, 2.24) is 14.7 Å². The van der Waals surface area contributed by atoms with Crippen LogP contribution < -0.4 is 5.73 Å². The Labute approximate surface area is 131 Å². The Morgan fingerprint density at radius 3 is 3.00 bits per heavy atom. The molecule has 22 heavy (non-hydrogen) atoms. The zero-order chi connectivity index (χ0) is 16.1. The third-order valence-electron chi connectivity index (χ3n) is 3.07. The molecule has 0 fully saturated rings. The molecule has 0 saturated carbocycles. The number of carbonyl (C=O) groups excluding carboxylic acids is 3. The Kier molecular flexibility index (Phi) is 5.34. The average molecular weight is 324 g/mol. The van der Waals surface area contributed by atoms with Crippen molar-refractivity contribution in [2.24, 2.45) is 5.73 Å². The summed E-state index contributed by atoms with van der Waals surface area (Å²) in [4.78, 5) is 34.5. The molecule has 2 N–H and O–H groups in total. The summed E-state index contributed by atoms with van der Waals surface area (Å²) in [5, 5.41) is 5.86. The normalized spacial score (nSPS) is 18.7. The van der Waals surface area contributed by atoms with Gasteiger partial charge in [0.15, 0.2) is 13.0 Å². The third kappa shape index (κ3) is 3.74. The maximum absolute atomic E-state index is 11.4. The quantitative estimate of drug-likeness (QED) is 0.552. The fourth-order valence-corrected chi connectivity index (χ4v) is 2.95. The van der Waals surface area contributed by atoms with Crippen molar-refractivity contribution < 1.29 is 19.1 Å². The number of nitrogens with zero attached hydrogens (tertiary/aromatic N) is 3. The molecule has 9 heteroatoms. The van der Waals surface area contributed by atoms with Gasteiger partial charge in [-0.1, -0.05) is 0 Å². The Hall–Kier alpha value is -2.13. The van der Waals surface area contributed by atoms with E-state index in [4.69, 9.17) is 10.5 Å².